The van der Waals surface area contributed by atoms with Crippen LogP contribution in [0.4, 0.5) is 17.1 Å². The van der Waals surface area contributed by atoms with Crippen molar-refractivity contribution in [3.05, 3.63) is 217 Å². The van der Waals surface area contributed by atoms with Crippen LogP contribution in [0.25, 0.3) is 93.4 Å². The van der Waals surface area contributed by atoms with Crippen LogP contribution in [0.5, 0.6) is 0 Å². The Hall–Kier alpha value is -7.46. The van der Waals surface area contributed by atoms with E-state index in [4.69, 9.17) is 4.42 Å². The van der Waals surface area contributed by atoms with Crippen molar-refractivity contribution < 1.29 is 4.42 Å². The molecule has 9 aromatic carbocycles. The summed E-state index contributed by atoms with van der Waals surface area (Å²) in [4.78, 5) is 3.88. The van der Waals surface area contributed by atoms with Gasteiger partial charge in [0.25, 0.3) is 0 Å². The zero-order chi connectivity index (χ0) is 40.3. The summed E-state index contributed by atoms with van der Waals surface area (Å²) in [6.07, 6.45) is 6.90. The van der Waals surface area contributed by atoms with E-state index in [2.05, 4.69) is 205 Å². The number of aryl methyl sites for hydroxylation is 1. The number of hydrogen-bond donors (Lipinski definition) is 0. The largest absolute Gasteiger partial charge is 0.456 e. The van der Waals surface area contributed by atoms with Crippen molar-refractivity contribution in [2.75, 3.05) is 4.90 Å². The number of nitrogens with zero attached hydrogens (tertiary/aromatic N) is 1. The molecule has 2 heterocycles. The topological polar surface area (TPSA) is 16.4 Å². The van der Waals surface area contributed by atoms with Crippen LogP contribution < -0.4 is 4.90 Å². The number of benzene rings is 9. The van der Waals surface area contributed by atoms with Crippen LogP contribution in [-0.4, -0.2) is 0 Å². The maximum atomic E-state index is 6.14. The minimum Gasteiger partial charge on any atom is -0.456 e. The van der Waals surface area contributed by atoms with E-state index in [-0.39, 0.29) is 0 Å². The van der Waals surface area contributed by atoms with Crippen molar-refractivity contribution in [2.45, 2.75) is 12.8 Å². The van der Waals surface area contributed by atoms with E-state index in [9.17, 15) is 0 Å². The molecule has 0 radical (unpaired) electrons. The third-order valence-electron chi connectivity index (χ3n) is 12.3. The Morgan fingerprint density at radius 1 is 0.410 bits per heavy atom. The number of rotatable bonds is 7. The number of furan rings is 1. The van der Waals surface area contributed by atoms with Gasteiger partial charge in [0.2, 0.25) is 0 Å². The molecular formula is C58H39NOS. The van der Waals surface area contributed by atoms with Gasteiger partial charge in [-0.3, -0.25) is 0 Å². The lowest BCUT2D eigenvalue weighted by Gasteiger charge is -2.26. The van der Waals surface area contributed by atoms with Crippen LogP contribution in [0.3, 0.4) is 0 Å². The average molecular weight is 798 g/mol. The maximum Gasteiger partial charge on any atom is 0.135 e. The van der Waals surface area contributed by atoms with Gasteiger partial charge in [0, 0.05) is 42.8 Å². The molecular weight excluding hydrogens is 759 g/mol. The molecule has 0 saturated heterocycles. The van der Waals surface area contributed by atoms with Crippen molar-refractivity contribution in [3.8, 4) is 44.5 Å². The highest BCUT2D eigenvalue weighted by Crippen LogP contribution is 2.42. The Labute approximate surface area is 358 Å². The first-order chi connectivity index (χ1) is 30.2. The summed E-state index contributed by atoms with van der Waals surface area (Å²) in [6, 6.07) is 72.9. The number of anilines is 3. The Morgan fingerprint density at radius 2 is 1.02 bits per heavy atom. The molecule has 3 heteroatoms. The Morgan fingerprint density at radius 3 is 1.84 bits per heavy atom. The summed E-state index contributed by atoms with van der Waals surface area (Å²) in [5.41, 5.74) is 16.1. The summed E-state index contributed by atoms with van der Waals surface area (Å²) < 4.78 is 7.51. The number of thiophene rings is 1. The summed E-state index contributed by atoms with van der Waals surface area (Å²) in [5, 5.41) is 6.15. The molecule has 288 valence electrons. The third kappa shape index (κ3) is 6.34. The van der Waals surface area contributed by atoms with Crippen LogP contribution in [0.15, 0.2) is 211 Å². The summed E-state index contributed by atoms with van der Waals surface area (Å²) >= 11 is 1.94. The second kappa shape index (κ2) is 14.7. The normalized spacial score (nSPS) is 12.4. The fraction of sp³-hybridized carbons (Fsp3) is 0.0345. The predicted molar refractivity (Wildman–Crippen MR) is 260 cm³/mol. The first-order valence-electron chi connectivity index (χ1n) is 21.0. The van der Waals surface area contributed by atoms with E-state index in [0.29, 0.717) is 0 Å². The van der Waals surface area contributed by atoms with Crippen molar-refractivity contribution >= 4 is 77.3 Å². The third-order valence-corrected chi connectivity index (χ3v) is 13.6. The molecule has 0 atom stereocenters. The molecule has 2 nitrogen and oxygen atoms in total. The fourth-order valence-electron chi connectivity index (χ4n) is 9.26. The molecule has 2 aromatic heterocycles. The van der Waals surface area contributed by atoms with Gasteiger partial charge in [0.1, 0.15) is 11.2 Å². The molecule has 0 amide bonds. The maximum absolute atomic E-state index is 6.14. The summed E-state index contributed by atoms with van der Waals surface area (Å²) in [5.74, 6) is 0. The number of hydrogen-bond acceptors (Lipinski definition) is 3. The van der Waals surface area contributed by atoms with Gasteiger partial charge in [-0.25, -0.2) is 0 Å². The SMILES string of the molecule is C1=Cc2c(sc3ccc(-c4ccc(N(c5ccc(-c6ccc7oc8ccccc8c7c6)cc5)c5cccc(-c6cccc(-c7cccc8ccccc78)c6)c5)cc4)cc23)CC1. The molecule has 0 N–H and O–H groups in total. The van der Waals surface area contributed by atoms with Crippen molar-refractivity contribution in [2.24, 2.45) is 0 Å². The molecule has 0 unspecified atom stereocenters. The average Bonchev–Trinajstić information content (AvgIpc) is 3.90. The standard InChI is InChI=1S/C58H39NOS/c1-2-16-49-40(10-1)11-9-19-50(49)45-14-7-12-41(34-45)42-13-8-15-48(35-42)59(46-28-22-38(23-29-46)43-26-32-56-53(36-43)51-17-3-5-20-55(51)60-56)47-30-24-39(25-31-47)44-27-33-58-54(37-44)52-18-4-6-21-57(52)61-58/h1-5,7-20,22-37H,6,21H2. The van der Waals surface area contributed by atoms with Crippen molar-refractivity contribution in [1.29, 1.82) is 0 Å². The second-order valence-electron chi connectivity index (χ2n) is 16.0. The van der Waals surface area contributed by atoms with E-state index in [0.717, 1.165) is 63.0 Å². The lowest BCUT2D eigenvalue weighted by molar-refractivity contribution is 0.669. The van der Waals surface area contributed by atoms with Gasteiger partial charge in [-0.05, 0) is 146 Å². The zero-order valence-corrected chi connectivity index (χ0v) is 34.2. The molecule has 0 fully saturated rings. The molecule has 61 heavy (non-hydrogen) atoms. The molecule has 1 aliphatic carbocycles. The van der Waals surface area contributed by atoms with Crippen LogP contribution in [0, 0.1) is 0 Å². The number of allylic oxidation sites excluding steroid dienone is 1. The highest BCUT2D eigenvalue weighted by molar-refractivity contribution is 7.19. The molecule has 1 aliphatic rings. The van der Waals surface area contributed by atoms with Crippen LogP contribution >= 0.6 is 11.3 Å². The lowest BCUT2D eigenvalue weighted by Crippen LogP contribution is -2.10. The number of para-hydroxylation sites is 1. The molecule has 0 aliphatic heterocycles. The Bertz CT molecular complexity index is 3470. The van der Waals surface area contributed by atoms with Crippen molar-refractivity contribution in [3.63, 3.8) is 0 Å². The zero-order valence-electron chi connectivity index (χ0n) is 33.4. The lowest BCUT2D eigenvalue weighted by atomic mass is 9.95. The summed E-state index contributed by atoms with van der Waals surface area (Å²) in [7, 11) is 0. The van der Waals surface area contributed by atoms with E-state index >= 15 is 0 Å². The van der Waals surface area contributed by atoms with Gasteiger partial charge in [-0.15, -0.1) is 11.3 Å². The summed E-state index contributed by atoms with van der Waals surface area (Å²) in [6.45, 7) is 0. The fourth-order valence-corrected chi connectivity index (χ4v) is 10.4. The van der Waals surface area contributed by atoms with E-state index in [1.54, 1.807) is 0 Å². The second-order valence-corrected chi connectivity index (χ2v) is 17.1. The monoisotopic (exact) mass is 797 g/mol. The van der Waals surface area contributed by atoms with Crippen LogP contribution in [0.1, 0.15) is 16.9 Å². The molecule has 12 rings (SSSR count). The van der Waals surface area contributed by atoms with Gasteiger partial charge in [0.05, 0.1) is 0 Å². The first kappa shape index (κ1) is 35.5. The van der Waals surface area contributed by atoms with Crippen LogP contribution in [0.2, 0.25) is 0 Å². The van der Waals surface area contributed by atoms with E-state index in [1.807, 2.05) is 23.5 Å². The quantitative estimate of drug-likeness (QED) is 0.160. The molecule has 11 aromatic rings. The minimum absolute atomic E-state index is 0.908. The van der Waals surface area contributed by atoms with Crippen LogP contribution in [-0.2, 0) is 6.42 Å². The predicted octanol–water partition coefficient (Wildman–Crippen LogP) is 17.1. The number of fused-ring (bicyclic) bond motifs is 7. The first-order valence-corrected chi connectivity index (χ1v) is 21.8. The van der Waals surface area contributed by atoms with E-state index < -0.39 is 0 Å². The Kier molecular flexibility index (Phi) is 8.53. The highest BCUT2D eigenvalue weighted by Gasteiger charge is 2.17. The van der Waals surface area contributed by atoms with Gasteiger partial charge in [-0.1, -0.05) is 140 Å². The Balaban J connectivity index is 0.936. The van der Waals surface area contributed by atoms with Gasteiger partial charge in [0.15, 0.2) is 0 Å². The van der Waals surface area contributed by atoms with E-state index in [1.165, 1.54) is 64.7 Å². The van der Waals surface area contributed by atoms with Gasteiger partial charge < -0.3 is 9.32 Å². The molecule has 0 spiro atoms. The molecule has 0 bridgehead atoms. The molecule has 0 saturated carbocycles. The van der Waals surface area contributed by atoms with Crippen molar-refractivity contribution in [1.82, 2.24) is 0 Å². The van der Waals surface area contributed by atoms with Gasteiger partial charge >= 0.3 is 0 Å². The minimum atomic E-state index is 0.908. The smallest absolute Gasteiger partial charge is 0.135 e. The highest BCUT2D eigenvalue weighted by atomic mass is 32.1. The van der Waals surface area contributed by atoms with Gasteiger partial charge in [-0.2, -0.15) is 0 Å².